The third kappa shape index (κ3) is 4.75. The van der Waals surface area contributed by atoms with Gasteiger partial charge in [0.25, 0.3) is 0 Å². The second-order valence-corrected chi connectivity index (χ2v) is 6.50. The summed E-state index contributed by atoms with van der Waals surface area (Å²) < 4.78 is 55.6. The molecule has 0 N–H and O–H groups in total. The Labute approximate surface area is 141 Å². The topological polar surface area (TPSA) is 109 Å². The van der Waals surface area contributed by atoms with Gasteiger partial charge in [-0.1, -0.05) is 19.1 Å². The zero-order valence-electron chi connectivity index (χ0n) is 13.2. The van der Waals surface area contributed by atoms with Gasteiger partial charge in [0.15, 0.2) is 0 Å². The van der Waals surface area contributed by atoms with E-state index in [0.29, 0.717) is 11.3 Å². The third-order valence-electron chi connectivity index (χ3n) is 4.36. The van der Waals surface area contributed by atoms with Gasteiger partial charge < -0.3 is 0 Å². The molecule has 3 rings (SSSR count). The quantitative estimate of drug-likeness (QED) is 0.673. The van der Waals surface area contributed by atoms with Crippen molar-refractivity contribution in [2.24, 2.45) is 0 Å². The number of rotatable bonds is 3. The van der Waals surface area contributed by atoms with Crippen LogP contribution in [0, 0.1) is 16.1 Å². The Balaban J connectivity index is 0.000000368. The second kappa shape index (κ2) is 7.58. The summed E-state index contributed by atoms with van der Waals surface area (Å²) >= 11 is 0. The van der Waals surface area contributed by atoms with Crippen LogP contribution in [-0.2, 0) is 5.54 Å². The molecule has 8 heteroatoms. The average molecular weight is 360 g/mol. The molecule has 0 saturated heterocycles. The van der Waals surface area contributed by atoms with Crippen LogP contribution in [0.25, 0.3) is 11.3 Å². The van der Waals surface area contributed by atoms with E-state index in [1.54, 1.807) is 12.1 Å². The van der Waals surface area contributed by atoms with Crippen molar-refractivity contribution in [2.45, 2.75) is 44.6 Å². The van der Waals surface area contributed by atoms with Gasteiger partial charge in [0.1, 0.15) is 5.82 Å². The standard InChI is InChI=1S/C16H19FNO.ClHO4/c1-2-16(10-5-6-11-16)18-12-9-15(19-18)13-7-3-4-8-14(13)17;2-1(3,4)5/h3-4,7-9,12H,2,5-6,10-11H2,1H3;(H,2,3,4,5)/q+1;/p-1. The number of aromatic nitrogens is 1. The Morgan fingerprint density at radius 2 is 1.71 bits per heavy atom. The molecule has 2 aromatic rings. The first-order chi connectivity index (χ1) is 11.2. The fraction of sp³-hybridized carbons (Fsp3) is 0.438. The highest BCUT2D eigenvalue weighted by molar-refractivity contribution is 5.56. The zero-order valence-corrected chi connectivity index (χ0v) is 14.0. The van der Waals surface area contributed by atoms with Crippen molar-refractivity contribution in [1.29, 1.82) is 0 Å². The second-order valence-electron chi connectivity index (χ2n) is 5.74. The van der Waals surface area contributed by atoms with E-state index in [1.165, 1.54) is 18.9 Å². The normalized spacial score (nSPS) is 16.6. The van der Waals surface area contributed by atoms with Crippen molar-refractivity contribution in [3.63, 3.8) is 0 Å². The van der Waals surface area contributed by atoms with E-state index in [9.17, 15) is 4.39 Å². The molecule has 1 heterocycles. The fourth-order valence-electron chi connectivity index (χ4n) is 3.12. The molecule has 0 spiro atoms. The molecule has 1 saturated carbocycles. The predicted molar refractivity (Wildman–Crippen MR) is 71.0 cm³/mol. The van der Waals surface area contributed by atoms with Crippen molar-refractivity contribution in [1.82, 2.24) is 0 Å². The highest BCUT2D eigenvalue weighted by atomic mass is 35.7. The van der Waals surface area contributed by atoms with Crippen molar-refractivity contribution >= 4 is 0 Å². The lowest BCUT2D eigenvalue weighted by Gasteiger charge is -2.17. The van der Waals surface area contributed by atoms with Crippen LogP contribution in [0.3, 0.4) is 0 Å². The van der Waals surface area contributed by atoms with Crippen LogP contribution in [0.5, 0.6) is 0 Å². The fourth-order valence-corrected chi connectivity index (χ4v) is 3.12. The maximum absolute atomic E-state index is 13.8. The lowest BCUT2D eigenvalue weighted by Crippen LogP contribution is -2.68. The van der Waals surface area contributed by atoms with Gasteiger partial charge in [-0.3, -0.25) is 0 Å². The summed E-state index contributed by atoms with van der Waals surface area (Å²) in [6, 6.07) is 8.62. The van der Waals surface area contributed by atoms with Crippen LogP contribution in [0.1, 0.15) is 39.0 Å². The molecule has 0 radical (unpaired) electrons. The van der Waals surface area contributed by atoms with Gasteiger partial charge in [0.05, 0.1) is 11.6 Å². The highest BCUT2D eigenvalue weighted by Gasteiger charge is 2.44. The number of hydrogen-bond acceptors (Lipinski definition) is 5. The van der Waals surface area contributed by atoms with Crippen molar-refractivity contribution in [3.8, 4) is 11.3 Å². The summed E-state index contributed by atoms with van der Waals surface area (Å²) in [6.45, 7) is 2.20. The molecule has 0 amide bonds. The van der Waals surface area contributed by atoms with Crippen molar-refractivity contribution in [3.05, 3.63) is 42.3 Å². The first-order valence-electron chi connectivity index (χ1n) is 7.64. The molecular formula is C16H19ClFNO5. The molecule has 1 aliphatic rings. The van der Waals surface area contributed by atoms with Crippen LogP contribution < -0.4 is 23.4 Å². The number of hydrogen-bond donors (Lipinski definition) is 0. The average Bonchev–Trinajstić information content (AvgIpc) is 3.16. The lowest BCUT2D eigenvalue weighted by molar-refractivity contribution is -2.00. The molecule has 24 heavy (non-hydrogen) atoms. The highest BCUT2D eigenvalue weighted by Crippen LogP contribution is 2.35. The third-order valence-corrected chi connectivity index (χ3v) is 4.36. The van der Waals surface area contributed by atoms with Crippen LogP contribution >= 0.6 is 0 Å². The first kappa shape index (κ1) is 18.8. The number of benzene rings is 1. The van der Waals surface area contributed by atoms with E-state index >= 15 is 0 Å². The van der Waals surface area contributed by atoms with Crippen LogP contribution in [0.2, 0.25) is 0 Å². The van der Waals surface area contributed by atoms with Gasteiger partial charge in [0, 0.05) is 19.3 Å². The molecule has 0 unspecified atom stereocenters. The monoisotopic (exact) mass is 359 g/mol. The Bertz CT molecular complexity index is 658. The summed E-state index contributed by atoms with van der Waals surface area (Å²) in [7, 11) is -4.94. The van der Waals surface area contributed by atoms with E-state index in [2.05, 4.69) is 6.92 Å². The van der Waals surface area contributed by atoms with E-state index in [1.807, 2.05) is 23.1 Å². The van der Waals surface area contributed by atoms with Crippen molar-refractivity contribution in [2.75, 3.05) is 0 Å². The lowest BCUT2D eigenvalue weighted by atomic mass is 9.95. The largest absolute Gasteiger partial charge is 0.236 e. The minimum Gasteiger partial charge on any atom is -0.236 e. The van der Waals surface area contributed by atoms with E-state index in [0.717, 1.165) is 19.3 Å². The van der Waals surface area contributed by atoms with E-state index in [4.69, 9.17) is 23.2 Å². The summed E-state index contributed by atoms with van der Waals surface area (Å²) in [4.78, 5) is 0. The van der Waals surface area contributed by atoms with Crippen LogP contribution in [0.15, 0.2) is 41.1 Å². The molecule has 1 aromatic carbocycles. The molecule has 1 aliphatic carbocycles. The van der Waals surface area contributed by atoms with Crippen LogP contribution in [-0.4, -0.2) is 0 Å². The van der Waals surface area contributed by atoms with E-state index in [-0.39, 0.29) is 11.4 Å². The Morgan fingerprint density at radius 3 is 2.25 bits per heavy atom. The minimum atomic E-state index is -4.94. The molecular weight excluding hydrogens is 341 g/mol. The predicted octanol–water partition coefficient (Wildman–Crippen LogP) is -0.703. The minimum absolute atomic E-state index is 0.101. The Morgan fingerprint density at radius 1 is 1.12 bits per heavy atom. The smallest absolute Gasteiger partial charge is 0.221 e. The molecule has 132 valence electrons. The summed E-state index contributed by atoms with van der Waals surface area (Å²) in [5, 5.41) is 0. The summed E-state index contributed by atoms with van der Waals surface area (Å²) in [5.41, 5.74) is 0.634. The maximum Gasteiger partial charge on any atom is 0.221 e. The van der Waals surface area contributed by atoms with Crippen molar-refractivity contribution < 1.29 is 42.5 Å². The molecule has 1 aromatic heterocycles. The number of halogens is 2. The Kier molecular flexibility index (Phi) is 5.95. The van der Waals surface area contributed by atoms with Gasteiger partial charge in [0.2, 0.25) is 17.5 Å². The van der Waals surface area contributed by atoms with Gasteiger partial charge >= 0.3 is 0 Å². The Hall–Kier alpha value is -1.51. The first-order valence-corrected chi connectivity index (χ1v) is 8.88. The molecule has 6 nitrogen and oxygen atoms in total. The van der Waals surface area contributed by atoms with E-state index < -0.39 is 10.2 Å². The molecule has 0 atom stereocenters. The molecule has 0 bridgehead atoms. The van der Waals surface area contributed by atoms with Gasteiger partial charge in [-0.05, 0) is 29.7 Å². The maximum atomic E-state index is 13.8. The zero-order chi connectivity index (χ0) is 17.8. The van der Waals surface area contributed by atoms with Gasteiger partial charge in [-0.2, -0.15) is 0 Å². The molecule has 1 fully saturated rings. The SMILES string of the molecule is CCC1([n+]2ccc(-c3ccccc3F)o2)CCCC1.[O-][Cl+3]([O-])([O-])[O-]. The summed E-state index contributed by atoms with van der Waals surface area (Å²) in [6.07, 6.45) is 7.81. The van der Waals surface area contributed by atoms with Gasteiger partial charge in [-0.15, -0.1) is 10.2 Å². The van der Waals surface area contributed by atoms with Crippen LogP contribution in [0.4, 0.5) is 4.39 Å². The van der Waals surface area contributed by atoms with Gasteiger partial charge in [-0.25, -0.2) is 27.5 Å². The number of nitrogens with zero attached hydrogens (tertiary/aromatic N) is 1. The molecule has 0 aliphatic heterocycles. The summed E-state index contributed by atoms with van der Waals surface area (Å²) in [5.74, 6) is 0.374.